The van der Waals surface area contributed by atoms with Crippen LogP contribution in [0.1, 0.15) is 37.4 Å². The Morgan fingerprint density at radius 2 is 1.44 bits per heavy atom. The van der Waals surface area contributed by atoms with Gasteiger partial charge >= 0.3 is 0 Å². The summed E-state index contributed by atoms with van der Waals surface area (Å²) in [5.74, 6) is -3.27. The van der Waals surface area contributed by atoms with Gasteiger partial charge in [-0.05, 0) is 30.7 Å². The molecule has 0 atom stereocenters. The van der Waals surface area contributed by atoms with E-state index in [0.717, 1.165) is 0 Å². The van der Waals surface area contributed by atoms with Crippen molar-refractivity contribution in [3.8, 4) is 23.0 Å². The third-order valence-electron chi connectivity index (χ3n) is 4.45. The monoisotopic (exact) mass is 336 g/mol. The molecule has 0 heterocycles. The van der Waals surface area contributed by atoms with E-state index in [-0.39, 0.29) is 44.5 Å². The first-order chi connectivity index (χ1) is 11.8. The maximum Gasteiger partial charge on any atom is 0.202 e. The molecule has 0 radical (unpaired) electrons. The van der Waals surface area contributed by atoms with Crippen molar-refractivity contribution in [1.82, 2.24) is 0 Å². The predicted octanol–water partition coefficient (Wildman–Crippen LogP) is 2.75. The molecule has 0 aliphatic heterocycles. The Balaban J connectivity index is 2.21. The molecule has 1 aliphatic rings. The maximum absolute atomic E-state index is 12.8. The molecular formula is C19H12O6. The van der Waals surface area contributed by atoms with Gasteiger partial charge in [0.05, 0.1) is 22.1 Å². The molecule has 124 valence electrons. The van der Waals surface area contributed by atoms with E-state index < -0.39 is 23.1 Å². The lowest BCUT2D eigenvalue weighted by atomic mass is 9.80. The van der Waals surface area contributed by atoms with E-state index in [1.54, 1.807) is 6.92 Å². The van der Waals surface area contributed by atoms with Gasteiger partial charge in [0.25, 0.3) is 0 Å². The molecule has 0 bridgehead atoms. The molecule has 3 aromatic rings. The molecule has 3 aromatic carbocycles. The number of phenolic OH excluding ortho intramolecular Hbond substituents is 4. The zero-order valence-corrected chi connectivity index (χ0v) is 13.0. The average Bonchev–Trinajstić information content (AvgIpc) is 2.55. The third kappa shape index (κ3) is 1.79. The minimum absolute atomic E-state index is 0.0498. The molecule has 0 saturated heterocycles. The standard InChI is InChI=1S/C19H12O6/c1-7-5-9-13(11(21)6-7)19(25)14-15(17(9)23)18(24)12-8(16(14)22)3-2-4-10(12)20/h2-6,20-21,23,25H,1H3. The number of rotatable bonds is 0. The number of aryl methyl sites for hydroxylation is 1. The second-order valence-electron chi connectivity index (χ2n) is 6.01. The van der Waals surface area contributed by atoms with Crippen LogP contribution >= 0.6 is 0 Å². The summed E-state index contributed by atoms with van der Waals surface area (Å²) < 4.78 is 0. The van der Waals surface area contributed by atoms with Gasteiger partial charge in [0, 0.05) is 10.9 Å². The average molecular weight is 336 g/mol. The van der Waals surface area contributed by atoms with Crippen LogP contribution in [-0.4, -0.2) is 32.0 Å². The van der Waals surface area contributed by atoms with E-state index in [9.17, 15) is 30.0 Å². The van der Waals surface area contributed by atoms with Crippen LogP contribution < -0.4 is 0 Å². The van der Waals surface area contributed by atoms with Crippen LogP contribution in [0.2, 0.25) is 0 Å². The Hall–Kier alpha value is -3.54. The van der Waals surface area contributed by atoms with E-state index in [2.05, 4.69) is 0 Å². The molecule has 6 heteroatoms. The van der Waals surface area contributed by atoms with Gasteiger partial charge in [-0.15, -0.1) is 0 Å². The number of aromatic hydroxyl groups is 4. The smallest absolute Gasteiger partial charge is 0.202 e. The Morgan fingerprint density at radius 3 is 2.16 bits per heavy atom. The van der Waals surface area contributed by atoms with Gasteiger partial charge in [-0.3, -0.25) is 9.59 Å². The van der Waals surface area contributed by atoms with Gasteiger partial charge in [-0.2, -0.15) is 0 Å². The van der Waals surface area contributed by atoms with Gasteiger partial charge in [-0.25, -0.2) is 0 Å². The van der Waals surface area contributed by atoms with Crippen LogP contribution in [-0.2, 0) is 0 Å². The lowest BCUT2D eigenvalue weighted by Crippen LogP contribution is -2.21. The number of ketones is 2. The van der Waals surface area contributed by atoms with Crippen LogP contribution in [0.3, 0.4) is 0 Å². The fraction of sp³-hybridized carbons (Fsp3) is 0.0526. The minimum atomic E-state index is -0.765. The zero-order valence-electron chi connectivity index (χ0n) is 13.0. The zero-order chi connectivity index (χ0) is 18.0. The molecule has 4 rings (SSSR count). The molecule has 0 saturated carbocycles. The molecule has 1 aliphatic carbocycles. The molecule has 4 N–H and O–H groups in total. The second-order valence-corrected chi connectivity index (χ2v) is 6.01. The lowest BCUT2D eigenvalue weighted by molar-refractivity contribution is 0.0972. The van der Waals surface area contributed by atoms with Crippen molar-refractivity contribution in [3.05, 3.63) is 58.1 Å². The predicted molar refractivity (Wildman–Crippen MR) is 88.7 cm³/mol. The number of hydrogen-bond donors (Lipinski definition) is 4. The van der Waals surface area contributed by atoms with Crippen molar-refractivity contribution >= 4 is 22.3 Å². The topological polar surface area (TPSA) is 115 Å². The van der Waals surface area contributed by atoms with Crippen molar-refractivity contribution in [1.29, 1.82) is 0 Å². The molecule has 0 unspecified atom stereocenters. The van der Waals surface area contributed by atoms with Crippen LogP contribution in [0.25, 0.3) is 10.8 Å². The molecule has 0 spiro atoms. The van der Waals surface area contributed by atoms with E-state index in [4.69, 9.17) is 0 Å². The van der Waals surface area contributed by atoms with Crippen molar-refractivity contribution in [2.45, 2.75) is 6.92 Å². The van der Waals surface area contributed by atoms with Crippen LogP contribution in [0, 0.1) is 6.92 Å². The largest absolute Gasteiger partial charge is 0.507 e. The number of carbonyl (C=O) groups excluding carboxylic acids is 2. The normalized spacial score (nSPS) is 13.0. The van der Waals surface area contributed by atoms with Crippen LogP contribution in [0.5, 0.6) is 23.0 Å². The fourth-order valence-electron chi connectivity index (χ4n) is 3.37. The number of carbonyl (C=O) groups is 2. The number of phenols is 4. The fourth-order valence-corrected chi connectivity index (χ4v) is 3.37. The summed E-state index contributed by atoms with van der Waals surface area (Å²) in [6.07, 6.45) is 0. The first-order valence-corrected chi connectivity index (χ1v) is 7.45. The number of fused-ring (bicyclic) bond motifs is 3. The Bertz CT molecular complexity index is 1130. The minimum Gasteiger partial charge on any atom is -0.507 e. The van der Waals surface area contributed by atoms with E-state index in [0.29, 0.717) is 5.56 Å². The van der Waals surface area contributed by atoms with Gasteiger partial charge in [0.2, 0.25) is 5.78 Å². The third-order valence-corrected chi connectivity index (χ3v) is 4.45. The van der Waals surface area contributed by atoms with Crippen LogP contribution in [0.15, 0.2) is 30.3 Å². The summed E-state index contributed by atoms with van der Waals surface area (Å²) in [6.45, 7) is 1.67. The van der Waals surface area contributed by atoms with Gasteiger partial charge in [0.1, 0.15) is 23.0 Å². The lowest BCUT2D eigenvalue weighted by Gasteiger charge is -2.22. The highest BCUT2D eigenvalue weighted by atomic mass is 16.3. The SMILES string of the molecule is Cc1cc(O)c2c(O)c3c(c(O)c2c1)C(=O)c1c(O)cccc1C3=O. The summed E-state index contributed by atoms with van der Waals surface area (Å²) in [7, 11) is 0. The first kappa shape index (κ1) is 15.0. The van der Waals surface area contributed by atoms with E-state index in [1.807, 2.05) is 0 Å². The molecule has 6 nitrogen and oxygen atoms in total. The molecule has 0 amide bonds. The number of benzene rings is 3. The Kier molecular flexibility index (Phi) is 2.84. The van der Waals surface area contributed by atoms with Gasteiger partial charge in [-0.1, -0.05) is 12.1 Å². The first-order valence-electron chi connectivity index (χ1n) is 7.45. The van der Waals surface area contributed by atoms with Crippen molar-refractivity contribution in [2.75, 3.05) is 0 Å². The Labute approximate surface area is 141 Å². The van der Waals surface area contributed by atoms with E-state index in [1.165, 1.54) is 30.3 Å². The summed E-state index contributed by atoms with van der Waals surface area (Å²) >= 11 is 0. The summed E-state index contributed by atoms with van der Waals surface area (Å²) in [5.41, 5.74) is -0.456. The van der Waals surface area contributed by atoms with Gasteiger partial charge in [0.15, 0.2) is 5.78 Å². The summed E-state index contributed by atoms with van der Waals surface area (Å²) in [4.78, 5) is 25.6. The molecular weight excluding hydrogens is 324 g/mol. The maximum atomic E-state index is 12.8. The number of hydrogen-bond acceptors (Lipinski definition) is 6. The van der Waals surface area contributed by atoms with E-state index >= 15 is 0 Å². The summed E-state index contributed by atoms with van der Waals surface area (Å²) in [5, 5.41) is 41.2. The molecule has 25 heavy (non-hydrogen) atoms. The highest BCUT2D eigenvalue weighted by molar-refractivity contribution is 6.33. The van der Waals surface area contributed by atoms with Crippen molar-refractivity contribution < 1.29 is 30.0 Å². The van der Waals surface area contributed by atoms with Crippen LogP contribution in [0.4, 0.5) is 0 Å². The molecule has 0 aromatic heterocycles. The second kappa shape index (κ2) is 4.73. The highest BCUT2D eigenvalue weighted by Gasteiger charge is 2.38. The summed E-state index contributed by atoms with van der Waals surface area (Å²) in [6, 6.07) is 6.89. The van der Waals surface area contributed by atoms with Crippen molar-refractivity contribution in [3.63, 3.8) is 0 Å². The van der Waals surface area contributed by atoms with Crippen molar-refractivity contribution in [2.24, 2.45) is 0 Å². The Morgan fingerprint density at radius 1 is 0.760 bits per heavy atom. The highest BCUT2D eigenvalue weighted by Crippen LogP contribution is 2.48. The quantitative estimate of drug-likeness (QED) is 0.367. The molecule has 0 fully saturated rings. The van der Waals surface area contributed by atoms with Gasteiger partial charge < -0.3 is 20.4 Å².